The Bertz CT molecular complexity index is 992. The minimum absolute atomic E-state index is 0.0273. The van der Waals surface area contributed by atoms with E-state index < -0.39 is 0 Å². The van der Waals surface area contributed by atoms with Crippen molar-refractivity contribution >= 4 is 35.1 Å². The number of hydrogen-bond acceptors (Lipinski definition) is 7. The molecule has 31 heavy (non-hydrogen) atoms. The first kappa shape index (κ1) is 21.4. The van der Waals surface area contributed by atoms with Gasteiger partial charge in [0.15, 0.2) is 11.6 Å². The zero-order valence-corrected chi connectivity index (χ0v) is 18.6. The highest BCUT2D eigenvalue weighted by atomic mass is 35.5. The lowest BCUT2D eigenvalue weighted by molar-refractivity contribution is -0.132. The Kier molecular flexibility index (Phi) is 6.01. The lowest BCUT2D eigenvalue weighted by Crippen LogP contribution is -2.43. The maximum atomic E-state index is 12.0. The fraction of sp³-hybridized carbons (Fsp3) is 0.571. The lowest BCUT2D eigenvalue weighted by Gasteiger charge is -2.40. The van der Waals surface area contributed by atoms with Crippen LogP contribution in [0.4, 0.5) is 17.6 Å². The van der Waals surface area contributed by atoms with Crippen LogP contribution in [0.25, 0.3) is 0 Å². The molecule has 0 radical (unpaired) electrons. The number of carbonyl (C=O) groups is 1. The first-order valence-electron chi connectivity index (χ1n) is 10.6. The molecule has 1 atom stereocenters. The van der Waals surface area contributed by atoms with Crippen LogP contribution in [0.2, 0.25) is 5.02 Å². The molecule has 1 unspecified atom stereocenters. The third-order valence-corrected chi connectivity index (χ3v) is 6.91. The van der Waals surface area contributed by atoms with Gasteiger partial charge in [-0.1, -0.05) is 11.6 Å². The van der Waals surface area contributed by atoms with Crippen LogP contribution in [-0.4, -0.2) is 57.2 Å². The van der Waals surface area contributed by atoms with E-state index in [1.807, 2.05) is 31.0 Å². The number of aromatic nitrogens is 4. The molecule has 3 heterocycles. The molecule has 1 saturated carbocycles. The van der Waals surface area contributed by atoms with Crippen LogP contribution in [0.1, 0.15) is 44.2 Å². The number of anilines is 3. The average molecular weight is 443 g/mol. The zero-order valence-electron chi connectivity index (χ0n) is 17.9. The van der Waals surface area contributed by atoms with E-state index in [1.54, 1.807) is 6.20 Å². The summed E-state index contributed by atoms with van der Waals surface area (Å²) in [6.45, 7) is 3.41. The van der Waals surface area contributed by atoms with Crippen molar-refractivity contribution in [1.82, 2.24) is 25.1 Å². The van der Waals surface area contributed by atoms with E-state index in [9.17, 15) is 4.79 Å². The van der Waals surface area contributed by atoms with Crippen LogP contribution < -0.4 is 10.2 Å². The van der Waals surface area contributed by atoms with E-state index >= 15 is 0 Å². The maximum absolute atomic E-state index is 12.0. The normalized spacial score (nSPS) is 19.9. The molecule has 1 saturated heterocycles. The number of rotatable bonds is 5. The highest BCUT2D eigenvalue weighted by molar-refractivity contribution is 6.32. The molecule has 1 aliphatic heterocycles. The van der Waals surface area contributed by atoms with Gasteiger partial charge in [0.05, 0.1) is 12.3 Å². The quantitative estimate of drug-likeness (QED) is 0.729. The first-order chi connectivity index (χ1) is 14.9. The summed E-state index contributed by atoms with van der Waals surface area (Å²) < 4.78 is 0. The van der Waals surface area contributed by atoms with Gasteiger partial charge in [-0.05, 0) is 44.4 Å². The summed E-state index contributed by atoms with van der Waals surface area (Å²) in [6.07, 6.45) is 6.82. The van der Waals surface area contributed by atoms with Gasteiger partial charge in [0.2, 0.25) is 11.9 Å². The van der Waals surface area contributed by atoms with Gasteiger partial charge in [-0.15, -0.1) is 0 Å². The third-order valence-electron chi connectivity index (χ3n) is 6.63. The van der Waals surface area contributed by atoms with E-state index in [0.29, 0.717) is 28.6 Å². The number of carbonyl (C=O) groups excluding carboxylic acids is 1. The molecule has 0 bridgehead atoms. The second kappa shape index (κ2) is 8.71. The number of amides is 1. The molecule has 0 aromatic carbocycles. The molecule has 9 nitrogen and oxygen atoms in total. The molecule has 10 heteroatoms. The highest BCUT2D eigenvalue weighted by Gasteiger charge is 2.43. The van der Waals surface area contributed by atoms with Crippen LogP contribution in [0, 0.1) is 23.7 Å². The molecule has 4 rings (SSSR count). The van der Waals surface area contributed by atoms with E-state index in [-0.39, 0.29) is 17.7 Å². The summed E-state index contributed by atoms with van der Waals surface area (Å²) in [5.74, 6) is 1.76. The summed E-state index contributed by atoms with van der Waals surface area (Å²) >= 11 is 6.30. The summed E-state index contributed by atoms with van der Waals surface area (Å²) in [5, 5.41) is 19.4. The molecule has 2 aromatic rings. The number of nitrogens with one attached hydrogen (secondary N) is 2. The lowest BCUT2D eigenvalue weighted by atomic mass is 9.76. The number of H-pyrrole nitrogens is 1. The van der Waals surface area contributed by atoms with E-state index in [2.05, 4.69) is 30.4 Å². The molecule has 2 aliphatic rings. The van der Waals surface area contributed by atoms with Crippen LogP contribution in [0.15, 0.2) is 12.3 Å². The van der Waals surface area contributed by atoms with Gasteiger partial charge in [-0.25, -0.2) is 4.98 Å². The molecule has 164 valence electrons. The van der Waals surface area contributed by atoms with Crippen molar-refractivity contribution in [1.29, 1.82) is 5.26 Å². The van der Waals surface area contributed by atoms with Gasteiger partial charge in [-0.3, -0.25) is 9.89 Å². The smallest absolute Gasteiger partial charge is 0.236 e. The van der Waals surface area contributed by atoms with Crippen molar-refractivity contribution in [2.24, 2.45) is 5.41 Å². The predicted molar refractivity (Wildman–Crippen MR) is 118 cm³/mol. The van der Waals surface area contributed by atoms with Gasteiger partial charge in [0, 0.05) is 37.9 Å². The Labute approximate surface area is 186 Å². The fourth-order valence-corrected chi connectivity index (χ4v) is 4.89. The number of halogens is 1. The number of likely N-dealkylation sites (tertiary alicyclic amines) is 1. The topological polar surface area (TPSA) is 114 Å². The van der Waals surface area contributed by atoms with Gasteiger partial charge in [0.1, 0.15) is 11.4 Å². The molecule has 1 amide bonds. The summed E-state index contributed by atoms with van der Waals surface area (Å²) in [6, 6.07) is 4.18. The van der Waals surface area contributed by atoms with Crippen molar-refractivity contribution in [3.05, 3.63) is 23.0 Å². The highest BCUT2D eigenvalue weighted by Crippen LogP contribution is 2.48. The Morgan fingerprint density at radius 1 is 1.45 bits per heavy atom. The SMILES string of the molecule is Cc1cc(Nc2nc(N(C)C3CCC4(CCN(C(=O)CC#N)CC4)C3)ncc2Cl)n[nH]1. The second-order valence-corrected chi connectivity index (χ2v) is 9.06. The van der Waals surface area contributed by atoms with Crippen LogP contribution in [0.3, 0.4) is 0 Å². The Morgan fingerprint density at radius 3 is 2.90 bits per heavy atom. The Hall–Kier alpha value is -2.86. The monoisotopic (exact) mass is 442 g/mol. The molecule has 2 aromatic heterocycles. The summed E-state index contributed by atoms with van der Waals surface area (Å²) in [4.78, 5) is 25.1. The predicted octanol–water partition coefficient (Wildman–Crippen LogP) is 3.42. The van der Waals surface area contributed by atoms with E-state index in [4.69, 9.17) is 16.9 Å². The van der Waals surface area contributed by atoms with Crippen molar-refractivity contribution < 1.29 is 4.79 Å². The van der Waals surface area contributed by atoms with Crippen LogP contribution >= 0.6 is 11.6 Å². The number of nitrogens with zero attached hydrogens (tertiary/aromatic N) is 6. The number of aromatic amines is 1. The largest absolute Gasteiger partial charge is 0.342 e. The number of hydrogen-bond donors (Lipinski definition) is 2. The molecular weight excluding hydrogens is 416 g/mol. The van der Waals surface area contributed by atoms with Gasteiger partial charge >= 0.3 is 0 Å². The number of nitriles is 1. The Morgan fingerprint density at radius 2 is 2.23 bits per heavy atom. The minimum atomic E-state index is -0.0503. The van der Waals surface area contributed by atoms with Gasteiger partial charge < -0.3 is 15.1 Å². The van der Waals surface area contributed by atoms with Gasteiger partial charge in [0.25, 0.3) is 0 Å². The molecule has 2 fully saturated rings. The molecule has 1 spiro atoms. The van der Waals surface area contributed by atoms with Crippen LogP contribution in [-0.2, 0) is 4.79 Å². The fourth-order valence-electron chi connectivity index (χ4n) is 4.75. The maximum Gasteiger partial charge on any atom is 0.236 e. The Balaban J connectivity index is 1.40. The van der Waals surface area contributed by atoms with Crippen molar-refractivity contribution in [3.8, 4) is 6.07 Å². The van der Waals surface area contributed by atoms with Crippen molar-refractivity contribution in [2.45, 2.75) is 51.5 Å². The van der Waals surface area contributed by atoms with Crippen molar-refractivity contribution in [3.63, 3.8) is 0 Å². The first-order valence-corrected chi connectivity index (χ1v) is 11.0. The zero-order chi connectivity index (χ0) is 22.0. The third kappa shape index (κ3) is 4.59. The summed E-state index contributed by atoms with van der Waals surface area (Å²) in [7, 11) is 2.03. The molecule has 1 aliphatic carbocycles. The van der Waals surface area contributed by atoms with E-state index in [1.165, 1.54) is 0 Å². The van der Waals surface area contributed by atoms with Crippen molar-refractivity contribution in [2.75, 3.05) is 30.4 Å². The van der Waals surface area contributed by atoms with Crippen LogP contribution in [0.5, 0.6) is 0 Å². The second-order valence-electron chi connectivity index (χ2n) is 8.65. The summed E-state index contributed by atoms with van der Waals surface area (Å²) in [5.41, 5.74) is 1.20. The minimum Gasteiger partial charge on any atom is -0.342 e. The number of aryl methyl sites for hydroxylation is 1. The molecule has 2 N–H and O–H groups in total. The van der Waals surface area contributed by atoms with Gasteiger partial charge in [-0.2, -0.15) is 15.3 Å². The average Bonchev–Trinajstić information content (AvgIpc) is 3.36. The standard InChI is InChI=1S/C21H27ClN8O/c1-14-11-17(28-27-14)25-19-16(22)13-24-20(26-19)29(2)15-3-5-21(12-15)6-9-30(10-7-21)18(31)4-8-23/h11,13,15H,3-7,9-10,12H2,1-2H3,(H2,24,25,26,27,28). The molecular formula is C21H27ClN8O. The number of piperidine rings is 1. The van der Waals surface area contributed by atoms with E-state index in [0.717, 1.165) is 50.9 Å².